The van der Waals surface area contributed by atoms with Crippen LogP contribution in [0.1, 0.15) is 31.4 Å². The van der Waals surface area contributed by atoms with E-state index in [1.165, 1.54) is 11.3 Å². The molecule has 0 bridgehead atoms. The summed E-state index contributed by atoms with van der Waals surface area (Å²) in [6, 6.07) is 8.52. The molecule has 0 saturated carbocycles. The lowest BCUT2D eigenvalue weighted by molar-refractivity contribution is 0.198. The Labute approximate surface area is 96.9 Å². The molecule has 3 N–H and O–H groups in total. The van der Waals surface area contributed by atoms with E-state index in [2.05, 4.69) is 36.1 Å². The van der Waals surface area contributed by atoms with Gasteiger partial charge in [0.2, 0.25) is 0 Å². The molecule has 0 spiro atoms. The molecule has 88 valence electrons. The second-order valence-electron chi connectivity index (χ2n) is 4.49. The molecule has 1 fully saturated rings. The number of nitrogens with two attached hydrogens (primary N) is 1. The van der Waals surface area contributed by atoms with E-state index in [1.54, 1.807) is 0 Å². The van der Waals surface area contributed by atoms with E-state index in [1.807, 2.05) is 0 Å². The zero-order valence-electron chi connectivity index (χ0n) is 9.76. The highest BCUT2D eigenvalue weighted by atomic mass is 16.3. The van der Waals surface area contributed by atoms with Gasteiger partial charge in [-0.15, -0.1) is 0 Å². The first-order chi connectivity index (χ1) is 7.70. The molecule has 16 heavy (non-hydrogen) atoms. The first-order valence-corrected chi connectivity index (χ1v) is 5.99. The Morgan fingerprint density at radius 2 is 2.12 bits per heavy atom. The molecule has 1 heterocycles. The maximum absolute atomic E-state index is 9.48. The standard InChI is InChI=1S/C13H20N2O/c1-2-13(14)10-3-5-11(6-4-10)15-8-7-12(16)9-15/h3-6,12-13,16H,2,7-9,14H2,1H3. The van der Waals surface area contributed by atoms with Crippen LogP contribution in [0.25, 0.3) is 0 Å². The maximum atomic E-state index is 9.48. The third kappa shape index (κ3) is 2.36. The van der Waals surface area contributed by atoms with E-state index >= 15 is 0 Å². The molecule has 0 amide bonds. The van der Waals surface area contributed by atoms with Crippen LogP contribution in [0, 0.1) is 0 Å². The fourth-order valence-electron chi connectivity index (χ4n) is 2.14. The minimum absolute atomic E-state index is 0.137. The molecule has 0 radical (unpaired) electrons. The van der Waals surface area contributed by atoms with Crippen molar-refractivity contribution >= 4 is 5.69 Å². The number of nitrogens with zero attached hydrogens (tertiary/aromatic N) is 1. The number of hydrogen-bond donors (Lipinski definition) is 2. The minimum atomic E-state index is -0.169. The molecule has 0 aromatic heterocycles. The molecule has 1 aromatic rings. The van der Waals surface area contributed by atoms with Crippen LogP contribution in [0.3, 0.4) is 0 Å². The Bertz CT molecular complexity index is 336. The SMILES string of the molecule is CCC(N)c1ccc(N2CCC(O)C2)cc1. The summed E-state index contributed by atoms with van der Waals surface area (Å²) in [7, 11) is 0. The summed E-state index contributed by atoms with van der Waals surface area (Å²) in [4.78, 5) is 2.21. The van der Waals surface area contributed by atoms with Crippen LogP contribution in [0.15, 0.2) is 24.3 Å². The van der Waals surface area contributed by atoms with Crippen LogP contribution in [0.2, 0.25) is 0 Å². The first-order valence-electron chi connectivity index (χ1n) is 5.99. The second-order valence-corrected chi connectivity index (χ2v) is 4.49. The summed E-state index contributed by atoms with van der Waals surface area (Å²) in [6.45, 7) is 3.79. The quantitative estimate of drug-likeness (QED) is 0.814. The number of hydrogen-bond acceptors (Lipinski definition) is 3. The number of benzene rings is 1. The van der Waals surface area contributed by atoms with Gasteiger partial charge in [0.15, 0.2) is 0 Å². The summed E-state index contributed by atoms with van der Waals surface area (Å²) >= 11 is 0. The van der Waals surface area contributed by atoms with Gasteiger partial charge in [0, 0.05) is 24.8 Å². The molecule has 1 aromatic carbocycles. The van der Waals surface area contributed by atoms with Crippen molar-refractivity contribution in [2.75, 3.05) is 18.0 Å². The van der Waals surface area contributed by atoms with E-state index in [4.69, 9.17) is 5.73 Å². The van der Waals surface area contributed by atoms with Crippen molar-refractivity contribution in [3.63, 3.8) is 0 Å². The summed E-state index contributed by atoms with van der Waals surface area (Å²) < 4.78 is 0. The van der Waals surface area contributed by atoms with Gasteiger partial charge in [-0.3, -0.25) is 0 Å². The number of aliphatic hydroxyl groups excluding tert-OH is 1. The van der Waals surface area contributed by atoms with Gasteiger partial charge in [-0.25, -0.2) is 0 Å². The number of rotatable bonds is 3. The van der Waals surface area contributed by atoms with Crippen molar-refractivity contribution in [2.24, 2.45) is 5.73 Å². The average molecular weight is 220 g/mol. The van der Waals surface area contributed by atoms with E-state index in [0.29, 0.717) is 0 Å². The normalized spacial score (nSPS) is 22.4. The zero-order valence-corrected chi connectivity index (χ0v) is 9.76. The van der Waals surface area contributed by atoms with Crippen molar-refractivity contribution in [1.82, 2.24) is 0 Å². The molecule has 0 aliphatic carbocycles. The van der Waals surface area contributed by atoms with Crippen LogP contribution < -0.4 is 10.6 Å². The molecule has 1 aliphatic rings. The summed E-state index contributed by atoms with van der Waals surface area (Å²) in [5.74, 6) is 0. The monoisotopic (exact) mass is 220 g/mol. The topological polar surface area (TPSA) is 49.5 Å². The second kappa shape index (κ2) is 4.85. The fraction of sp³-hybridized carbons (Fsp3) is 0.538. The molecule has 2 rings (SSSR count). The predicted octanol–water partition coefficient (Wildman–Crippen LogP) is 1.67. The predicted molar refractivity (Wildman–Crippen MR) is 66.5 cm³/mol. The van der Waals surface area contributed by atoms with E-state index < -0.39 is 0 Å². The van der Waals surface area contributed by atoms with Gasteiger partial charge >= 0.3 is 0 Å². The number of β-amino-alcohol motifs (C(OH)–C–C–N with tert-alkyl or cyclic N) is 1. The number of aliphatic hydroxyl groups is 1. The third-order valence-electron chi connectivity index (χ3n) is 3.29. The Balaban J connectivity index is 2.07. The largest absolute Gasteiger partial charge is 0.391 e. The van der Waals surface area contributed by atoms with Crippen molar-refractivity contribution in [3.8, 4) is 0 Å². The highest BCUT2D eigenvalue weighted by Gasteiger charge is 2.20. The van der Waals surface area contributed by atoms with Crippen molar-refractivity contribution in [2.45, 2.75) is 31.9 Å². The number of anilines is 1. The molecule has 3 heteroatoms. The van der Waals surface area contributed by atoms with Gasteiger partial charge in [0.1, 0.15) is 0 Å². The van der Waals surface area contributed by atoms with Crippen molar-refractivity contribution in [3.05, 3.63) is 29.8 Å². The third-order valence-corrected chi connectivity index (χ3v) is 3.29. The smallest absolute Gasteiger partial charge is 0.0731 e. The summed E-state index contributed by atoms with van der Waals surface area (Å²) in [5, 5.41) is 9.48. The summed E-state index contributed by atoms with van der Waals surface area (Å²) in [6.07, 6.45) is 1.66. The van der Waals surface area contributed by atoms with Gasteiger partial charge in [-0.1, -0.05) is 19.1 Å². The van der Waals surface area contributed by atoms with Gasteiger partial charge in [-0.05, 0) is 30.5 Å². The molecule has 3 nitrogen and oxygen atoms in total. The molecular weight excluding hydrogens is 200 g/mol. The van der Waals surface area contributed by atoms with Crippen molar-refractivity contribution in [1.29, 1.82) is 0 Å². The van der Waals surface area contributed by atoms with Crippen LogP contribution in [0.5, 0.6) is 0 Å². The van der Waals surface area contributed by atoms with E-state index in [0.717, 1.165) is 25.9 Å². The lowest BCUT2D eigenvalue weighted by Crippen LogP contribution is -2.21. The van der Waals surface area contributed by atoms with Crippen LogP contribution >= 0.6 is 0 Å². The van der Waals surface area contributed by atoms with Crippen LogP contribution in [-0.4, -0.2) is 24.3 Å². The molecule has 2 atom stereocenters. The fourth-order valence-corrected chi connectivity index (χ4v) is 2.14. The van der Waals surface area contributed by atoms with Crippen LogP contribution in [-0.2, 0) is 0 Å². The lowest BCUT2D eigenvalue weighted by Gasteiger charge is -2.19. The Hall–Kier alpha value is -1.06. The van der Waals surface area contributed by atoms with Gasteiger partial charge in [0.05, 0.1) is 6.10 Å². The minimum Gasteiger partial charge on any atom is -0.391 e. The zero-order chi connectivity index (χ0) is 11.5. The van der Waals surface area contributed by atoms with Gasteiger partial charge in [-0.2, -0.15) is 0 Å². The molecule has 2 unspecified atom stereocenters. The Morgan fingerprint density at radius 1 is 1.44 bits per heavy atom. The molecule has 1 aliphatic heterocycles. The lowest BCUT2D eigenvalue weighted by atomic mass is 10.1. The van der Waals surface area contributed by atoms with Gasteiger partial charge < -0.3 is 15.7 Å². The van der Waals surface area contributed by atoms with E-state index in [-0.39, 0.29) is 12.1 Å². The molecular formula is C13H20N2O. The average Bonchev–Trinajstić information content (AvgIpc) is 2.75. The highest BCUT2D eigenvalue weighted by Crippen LogP contribution is 2.23. The summed E-state index contributed by atoms with van der Waals surface area (Å²) in [5.41, 5.74) is 8.34. The van der Waals surface area contributed by atoms with E-state index in [9.17, 15) is 5.11 Å². The maximum Gasteiger partial charge on any atom is 0.0731 e. The first kappa shape index (κ1) is 11.4. The van der Waals surface area contributed by atoms with Gasteiger partial charge in [0.25, 0.3) is 0 Å². The Kier molecular flexibility index (Phi) is 3.46. The Morgan fingerprint density at radius 3 is 2.62 bits per heavy atom. The van der Waals surface area contributed by atoms with Crippen molar-refractivity contribution < 1.29 is 5.11 Å². The highest BCUT2D eigenvalue weighted by molar-refractivity contribution is 5.49. The van der Waals surface area contributed by atoms with Crippen LogP contribution in [0.4, 0.5) is 5.69 Å². The molecule has 1 saturated heterocycles.